The van der Waals surface area contributed by atoms with Gasteiger partial charge in [-0.15, -0.1) is 11.3 Å². The highest BCUT2D eigenvalue weighted by Gasteiger charge is 2.02. The highest BCUT2D eigenvalue weighted by molar-refractivity contribution is 9.10. The number of rotatable bonds is 1. The van der Waals surface area contributed by atoms with Crippen molar-refractivity contribution in [3.8, 4) is 10.6 Å². The zero-order valence-electron chi connectivity index (χ0n) is 8.04. The molecule has 0 aliphatic heterocycles. The third-order valence-corrected chi connectivity index (χ3v) is 2.84. The normalized spacial score (nSPS) is 12.4. The Balaban J connectivity index is 2.55. The van der Waals surface area contributed by atoms with Crippen molar-refractivity contribution in [2.24, 2.45) is 0 Å². The summed E-state index contributed by atoms with van der Waals surface area (Å²) in [7, 11) is 0. The second-order valence-corrected chi connectivity index (χ2v) is 3.86. The van der Waals surface area contributed by atoms with Gasteiger partial charge in [0.1, 0.15) is 5.01 Å². The van der Waals surface area contributed by atoms with Crippen molar-refractivity contribution in [1.29, 1.82) is 0 Å². The van der Waals surface area contributed by atoms with E-state index in [4.69, 9.17) is 2.74 Å². The monoisotopic (exact) mass is 241 g/mol. The molecule has 1 heterocycles. The lowest BCUT2D eigenvalue weighted by atomic mass is 10.2. The predicted octanol–water partition coefficient (Wildman–Crippen LogP) is 3.57. The van der Waals surface area contributed by atoms with Gasteiger partial charge < -0.3 is 0 Å². The van der Waals surface area contributed by atoms with E-state index in [0.29, 0.717) is 5.01 Å². The molecule has 1 aromatic carbocycles. The van der Waals surface area contributed by atoms with E-state index in [9.17, 15) is 0 Å². The van der Waals surface area contributed by atoms with Gasteiger partial charge in [0.15, 0.2) is 0 Å². The summed E-state index contributed by atoms with van der Waals surface area (Å²) in [6.07, 6.45) is 0.0424. The number of aromatic nitrogens is 1. The molecule has 2 rings (SSSR count). The van der Waals surface area contributed by atoms with Crippen LogP contribution in [0, 0.1) is 0 Å². The van der Waals surface area contributed by atoms with Crippen LogP contribution in [0.25, 0.3) is 10.6 Å². The molecule has 0 unspecified atom stereocenters. The molecule has 0 aliphatic rings. The SMILES string of the molecule is [2H]c1nc(-c2ccccc2Br)sc1[2H]. The van der Waals surface area contributed by atoms with E-state index in [1.807, 2.05) is 24.3 Å². The summed E-state index contributed by atoms with van der Waals surface area (Å²) < 4.78 is 15.7. The Bertz CT molecular complexity index is 450. The van der Waals surface area contributed by atoms with Crippen molar-refractivity contribution in [3.05, 3.63) is 40.3 Å². The van der Waals surface area contributed by atoms with Crippen molar-refractivity contribution in [2.45, 2.75) is 0 Å². The highest BCUT2D eigenvalue weighted by Crippen LogP contribution is 2.28. The predicted molar refractivity (Wildman–Crippen MR) is 55.3 cm³/mol. The van der Waals surface area contributed by atoms with E-state index in [0.717, 1.165) is 10.0 Å². The summed E-state index contributed by atoms with van der Waals surface area (Å²) in [4.78, 5) is 4.01. The smallest absolute Gasteiger partial charge is 0.124 e. The topological polar surface area (TPSA) is 12.9 Å². The largest absolute Gasteiger partial charge is 0.245 e. The van der Waals surface area contributed by atoms with Gasteiger partial charge in [0, 0.05) is 21.6 Å². The zero-order chi connectivity index (χ0) is 10.1. The van der Waals surface area contributed by atoms with Crippen LogP contribution in [0.5, 0.6) is 0 Å². The van der Waals surface area contributed by atoms with Gasteiger partial charge >= 0.3 is 0 Å². The number of thiazole rings is 1. The maximum atomic E-state index is 7.41. The molecule has 0 bridgehead atoms. The molecule has 3 heteroatoms. The molecule has 0 aliphatic carbocycles. The van der Waals surface area contributed by atoms with Crippen LogP contribution in [0.15, 0.2) is 40.3 Å². The summed E-state index contributed by atoms with van der Waals surface area (Å²) in [6.45, 7) is 0. The highest BCUT2D eigenvalue weighted by atomic mass is 79.9. The number of benzene rings is 1. The van der Waals surface area contributed by atoms with Crippen LogP contribution < -0.4 is 0 Å². The van der Waals surface area contributed by atoms with Crippen LogP contribution >= 0.6 is 27.3 Å². The van der Waals surface area contributed by atoms with Gasteiger partial charge in [0.2, 0.25) is 0 Å². The summed E-state index contributed by atoms with van der Waals surface area (Å²) in [6, 6.07) is 7.67. The van der Waals surface area contributed by atoms with Crippen molar-refractivity contribution < 1.29 is 2.74 Å². The lowest BCUT2D eigenvalue weighted by Crippen LogP contribution is -1.75. The van der Waals surface area contributed by atoms with Crippen LogP contribution in [-0.2, 0) is 0 Å². The molecule has 12 heavy (non-hydrogen) atoms. The first-order chi connectivity index (χ1) is 6.68. The van der Waals surface area contributed by atoms with Gasteiger partial charge in [0.25, 0.3) is 0 Å². The minimum Gasteiger partial charge on any atom is -0.245 e. The summed E-state index contributed by atoms with van der Waals surface area (Å²) in [5.41, 5.74) is 0.935. The standard InChI is InChI=1S/C9H6BrNS/c10-8-4-2-1-3-7(8)9-11-5-6-12-9/h1-6H/i5D,6D. The number of hydrogen-bond acceptors (Lipinski definition) is 2. The second-order valence-electron chi connectivity index (χ2n) is 2.21. The molecular formula is C9H6BrNS. The Morgan fingerprint density at radius 2 is 2.25 bits per heavy atom. The van der Waals surface area contributed by atoms with Crippen LogP contribution in [0.3, 0.4) is 0 Å². The molecule has 1 aromatic heterocycles. The third-order valence-electron chi connectivity index (χ3n) is 1.46. The maximum absolute atomic E-state index is 7.41. The number of hydrogen-bond donors (Lipinski definition) is 0. The molecular weight excluding hydrogens is 234 g/mol. The quantitative estimate of drug-likeness (QED) is 0.744. The fourth-order valence-corrected chi connectivity index (χ4v) is 2.09. The summed E-state index contributed by atoms with van der Waals surface area (Å²) >= 11 is 4.63. The van der Waals surface area contributed by atoms with Crippen LogP contribution in [-0.4, -0.2) is 4.98 Å². The average Bonchev–Trinajstić information content (AvgIpc) is 2.48. The van der Waals surface area contributed by atoms with E-state index < -0.39 is 0 Å². The van der Waals surface area contributed by atoms with Gasteiger partial charge in [-0.3, -0.25) is 0 Å². The first kappa shape index (κ1) is 5.89. The first-order valence-electron chi connectivity index (χ1n) is 4.37. The van der Waals surface area contributed by atoms with Gasteiger partial charge in [-0.1, -0.05) is 34.1 Å². The van der Waals surface area contributed by atoms with Crippen molar-refractivity contribution in [1.82, 2.24) is 4.98 Å². The Morgan fingerprint density at radius 3 is 2.92 bits per heavy atom. The van der Waals surface area contributed by atoms with Gasteiger partial charge in [0.05, 0.1) is 2.74 Å². The zero-order valence-corrected chi connectivity index (χ0v) is 8.45. The minimum atomic E-state index is 0.0424. The second kappa shape index (κ2) is 3.37. The van der Waals surface area contributed by atoms with Gasteiger partial charge in [-0.25, -0.2) is 4.98 Å². The van der Waals surface area contributed by atoms with Crippen molar-refractivity contribution in [3.63, 3.8) is 0 Å². The Morgan fingerprint density at radius 1 is 1.42 bits per heavy atom. The molecule has 0 atom stereocenters. The molecule has 0 N–H and O–H groups in total. The number of halogens is 1. The summed E-state index contributed by atoms with van der Waals surface area (Å²) in [5, 5.41) is 0.920. The molecule has 0 amide bonds. The van der Waals surface area contributed by atoms with Gasteiger partial charge in [-0.2, -0.15) is 0 Å². The van der Waals surface area contributed by atoms with Crippen molar-refractivity contribution >= 4 is 27.3 Å². The van der Waals surface area contributed by atoms with Crippen LogP contribution in [0.4, 0.5) is 0 Å². The lowest BCUT2D eigenvalue weighted by Gasteiger charge is -1.97. The lowest BCUT2D eigenvalue weighted by molar-refractivity contribution is 1.41. The Hall–Kier alpha value is -0.670. The minimum absolute atomic E-state index is 0.0424. The van der Waals surface area contributed by atoms with Crippen molar-refractivity contribution in [2.75, 3.05) is 0 Å². The van der Waals surface area contributed by atoms with E-state index in [1.165, 1.54) is 11.3 Å². The number of nitrogens with zero attached hydrogens (tertiary/aromatic N) is 1. The average molecular weight is 242 g/mol. The molecule has 0 saturated carbocycles. The van der Waals surface area contributed by atoms with Crippen LogP contribution in [0.1, 0.15) is 2.74 Å². The van der Waals surface area contributed by atoms with E-state index in [-0.39, 0.29) is 11.5 Å². The van der Waals surface area contributed by atoms with E-state index in [1.54, 1.807) is 0 Å². The Labute approximate surface area is 86.0 Å². The molecule has 0 fully saturated rings. The third kappa shape index (κ3) is 1.42. The summed E-state index contributed by atoms with van der Waals surface area (Å²) in [5.74, 6) is 0. The fraction of sp³-hybridized carbons (Fsp3) is 0. The molecule has 1 nitrogen and oxygen atoms in total. The molecule has 0 radical (unpaired) electrons. The van der Waals surface area contributed by atoms with E-state index >= 15 is 0 Å². The molecule has 0 saturated heterocycles. The maximum Gasteiger partial charge on any atom is 0.124 e. The fourth-order valence-electron chi connectivity index (χ4n) is 0.917. The van der Waals surface area contributed by atoms with Crippen LogP contribution in [0.2, 0.25) is 0 Å². The molecule has 2 aromatic rings. The molecule has 60 valence electrons. The van der Waals surface area contributed by atoms with Gasteiger partial charge in [-0.05, 0) is 6.07 Å². The molecule has 0 spiro atoms. The first-order valence-corrected chi connectivity index (χ1v) is 4.98. The van der Waals surface area contributed by atoms with E-state index in [2.05, 4.69) is 20.9 Å². The Kier molecular flexibility index (Phi) is 1.65.